The molecule has 1 aromatic carbocycles. The summed E-state index contributed by atoms with van der Waals surface area (Å²) in [5.74, 6) is -0.486. The van der Waals surface area contributed by atoms with Crippen molar-refractivity contribution in [1.29, 1.82) is 0 Å². The number of nitrogens with one attached hydrogen (secondary N) is 1. The highest BCUT2D eigenvalue weighted by molar-refractivity contribution is 6.46. The highest BCUT2D eigenvalue weighted by Crippen LogP contribution is 2.30. The summed E-state index contributed by atoms with van der Waals surface area (Å²) < 4.78 is 13.2. The zero-order chi connectivity index (χ0) is 12.8. The van der Waals surface area contributed by atoms with Crippen molar-refractivity contribution in [3.63, 3.8) is 0 Å². The molecular weight excluding hydrogens is 233 g/mol. The van der Waals surface area contributed by atoms with E-state index in [1.165, 1.54) is 12.1 Å². The first-order valence-corrected chi connectivity index (χ1v) is 5.97. The first kappa shape index (κ1) is 11.3. The summed E-state index contributed by atoms with van der Waals surface area (Å²) in [6, 6.07) is 6.03. The van der Waals surface area contributed by atoms with Crippen LogP contribution in [0.4, 0.5) is 4.39 Å². The zero-order valence-electron chi connectivity index (χ0n) is 10.1. The Kier molecular flexibility index (Phi) is 2.45. The van der Waals surface area contributed by atoms with Crippen LogP contribution in [-0.2, 0) is 4.79 Å². The number of amides is 1. The number of aliphatic imine (C=N–C) groups is 1. The average molecular weight is 247 g/mol. The lowest BCUT2D eigenvalue weighted by Gasteiger charge is -2.28. The van der Waals surface area contributed by atoms with Gasteiger partial charge in [-0.25, -0.2) is 9.38 Å². The minimum absolute atomic E-state index is 0.135. The minimum atomic E-state index is -0.473. The van der Waals surface area contributed by atoms with E-state index >= 15 is 0 Å². The van der Waals surface area contributed by atoms with Gasteiger partial charge in [-0.1, -0.05) is 12.1 Å². The molecule has 2 aliphatic heterocycles. The molecule has 0 saturated carbocycles. The summed E-state index contributed by atoms with van der Waals surface area (Å²) in [5.41, 5.74) is 0.440. The Balaban J connectivity index is 2.04. The Morgan fingerprint density at radius 2 is 2.33 bits per heavy atom. The van der Waals surface area contributed by atoms with Crippen LogP contribution in [0.2, 0.25) is 0 Å². The predicted octanol–water partition coefficient (Wildman–Crippen LogP) is 0.776. The summed E-state index contributed by atoms with van der Waals surface area (Å²) in [6.07, 6.45) is 0.800. The molecule has 18 heavy (non-hydrogen) atoms. The van der Waals surface area contributed by atoms with Crippen LogP contribution in [0, 0.1) is 5.82 Å². The monoisotopic (exact) mass is 247 g/mol. The van der Waals surface area contributed by atoms with Crippen LogP contribution in [0.1, 0.15) is 12.0 Å². The van der Waals surface area contributed by atoms with E-state index in [9.17, 15) is 9.18 Å². The summed E-state index contributed by atoms with van der Waals surface area (Å²) in [7, 11) is 1.76. The smallest absolute Gasteiger partial charge is 0.274 e. The van der Waals surface area contributed by atoms with Crippen LogP contribution in [0.25, 0.3) is 0 Å². The number of rotatable bonds is 1. The maximum atomic E-state index is 13.2. The van der Waals surface area contributed by atoms with Crippen LogP contribution < -0.4 is 5.32 Å². The maximum absolute atomic E-state index is 13.2. The lowest BCUT2D eigenvalue weighted by atomic mass is 10.1. The Morgan fingerprint density at radius 3 is 3.00 bits per heavy atom. The molecule has 4 nitrogen and oxygen atoms in total. The normalized spacial score (nSPS) is 27.1. The van der Waals surface area contributed by atoms with E-state index < -0.39 is 5.66 Å². The van der Waals surface area contributed by atoms with E-state index in [-0.39, 0.29) is 11.7 Å². The lowest BCUT2D eigenvalue weighted by Crippen LogP contribution is -2.45. The second-order valence-corrected chi connectivity index (χ2v) is 4.74. The SMILES string of the molecule is CN1C(=O)C(c2cccc(F)c2)=NC12CCNC2. The van der Waals surface area contributed by atoms with Gasteiger partial charge in [0.25, 0.3) is 5.91 Å². The van der Waals surface area contributed by atoms with E-state index in [0.29, 0.717) is 17.8 Å². The van der Waals surface area contributed by atoms with Gasteiger partial charge in [-0.3, -0.25) is 4.79 Å². The molecular formula is C13H14FN3O. The fraction of sp³-hybridized carbons (Fsp3) is 0.385. The van der Waals surface area contributed by atoms with Crippen molar-refractivity contribution in [2.75, 3.05) is 20.1 Å². The Labute approximate surface area is 105 Å². The van der Waals surface area contributed by atoms with Gasteiger partial charge >= 0.3 is 0 Å². The van der Waals surface area contributed by atoms with E-state index in [1.807, 2.05) is 0 Å². The number of carbonyl (C=O) groups is 1. The Hall–Kier alpha value is -1.75. The third kappa shape index (κ3) is 1.54. The Bertz CT molecular complexity index is 535. The van der Waals surface area contributed by atoms with Crippen molar-refractivity contribution in [3.05, 3.63) is 35.6 Å². The van der Waals surface area contributed by atoms with Crippen LogP contribution in [0.3, 0.4) is 0 Å². The summed E-state index contributed by atoms with van der Waals surface area (Å²) in [6.45, 7) is 1.51. The molecule has 1 aromatic rings. The fourth-order valence-corrected chi connectivity index (χ4v) is 2.55. The summed E-state index contributed by atoms with van der Waals surface area (Å²) in [4.78, 5) is 18.4. The van der Waals surface area contributed by atoms with Gasteiger partial charge in [0, 0.05) is 25.6 Å². The largest absolute Gasteiger partial charge is 0.314 e. The molecule has 0 aromatic heterocycles. The van der Waals surface area contributed by atoms with Crippen molar-refractivity contribution >= 4 is 11.6 Å². The number of hydrogen-bond acceptors (Lipinski definition) is 3. The van der Waals surface area contributed by atoms with Crippen molar-refractivity contribution in [1.82, 2.24) is 10.2 Å². The minimum Gasteiger partial charge on any atom is -0.314 e. The van der Waals surface area contributed by atoms with Gasteiger partial charge in [0.15, 0.2) is 0 Å². The molecule has 5 heteroatoms. The molecule has 1 fully saturated rings. The summed E-state index contributed by atoms with van der Waals surface area (Å²) >= 11 is 0. The standard InChI is InChI=1S/C13H14FN3O/c1-17-12(18)11(9-3-2-4-10(14)7-9)16-13(17)5-6-15-8-13/h2-4,7,15H,5-6,8H2,1H3. The number of benzene rings is 1. The molecule has 2 aliphatic rings. The summed E-state index contributed by atoms with van der Waals surface area (Å²) in [5, 5.41) is 3.21. The van der Waals surface area contributed by atoms with Crippen LogP contribution in [0.5, 0.6) is 0 Å². The van der Waals surface area contributed by atoms with Gasteiger partial charge in [-0.05, 0) is 18.7 Å². The van der Waals surface area contributed by atoms with Crippen molar-refractivity contribution in [3.8, 4) is 0 Å². The number of carbonyl (C=O) groups excluding carboxylic acids is 1. The van der Waals surface area contributed by atoms with Gasteiger partial charge in [-0.2, -0.15) is 0 Å². The third-order valence-corrected chi connectivity index (χ3v) is 3.66. The second kappa shape index (κ2) is 3.88. The van der Waals surface area contributed by atoms with Crippen molar-refractivity contribution in [2.24, 2.45) is 4.99 Å². The van der Waals surface area contributed by atoms with E-state index in [1.54, 1.807) is 24.1 Å². The lowest BCUT2D eigenvalue weighted by molar-refractivity contribution is -0.125. The molecule has 1 unspecified atom stereocenters. The molecule has 1 amide bonds. The van der Waals surface area contributed by atoms with Crippen LogP contribution in [-0.4, -0.2) is 42.3 Å². The molecule has 1 atom stereocenters. The first-order valence-electron chi connectivity index (χ1n) is 5.97. The molecule has 94 valence electrons. The zero-order valence-corrected chi connectivity index (χ0v) is 10.1. The maximum Gasteiger partial charge on any atom is 0.274 e. The number of nitrogens with zero attached hydrogens (tertiary/aromatic N) is 2. The van der Waals surface area contributed by atoms with Crippen molar-refractivity contribution < 1.29 is 9.18 Å². The molecule has 0 radical (unpaired) electrons. The van der Waals surface area contributed by atoms with Gasteiger partial charge in [0.05, 0.1) is 0 Å². The van der Waals surface area contributed by atoms with Gasteiger partial charge in [0.1, 0.15) is 17.2 Å². The quantitative estimate of drug-likeness (QED) is 0.797. The third-order valence-electron chi connectivity index (χ3n) is 3.66. The topological polar surface area (TPSA) is 44.7 Å². The molecule has 2 heterocycles. The highest BCUT2D eigenvalue weighted by atomic mass is 19.1. The van der Waals surface area contributed by atoms with E-state index in [0.717, 1.165) is 13.0 Å². The van der Waals surface area contributed by atoms with Gasteiger partial charge < -0.3 is 10.2 Å². The number of hydrogen-bond donors (Lipinski definition) is 1. The van der Waals surface area contributed by atoms with Crippen LogP contribution >= 0.6 is 0 Å². The highest BCUT2D eigenvalue weighted by Gasteiger charge is 2.46. The van der Waals surface area contributed by atoms with Crippen molar-refractivity contribution in [2.45, 2.75) is 12.1 Å². The molecule has 0 aliphatic carbocycles. The van der Waals surface area contributed by atoms with E-state index in [4.69, 9.17) is 0 Å². The number of likely N-dealkylation sites (N-methyl/N-ethyl adjacent to an activating group) is 1. The Morgan fingerprint density at radius 1 is 1.50 bits per heavy atom. The number of halogens is 1. The van der Waals surface area contributed by atoms with E-state index in [2.05, 4.69) is 10.3 Å². The molecule has 3 rings (SSSR count). The molecule has 1 spiro atoms. The van der Waals surface area contributed by atoms with Gasteiger partial charge in [0.2, 0.25) is 0 Å². The average Bonchev–Trinajstić information content (AvgIpc) is 2.92. The molecule has 1 saturated heterocycles. The fourth-order valence-electron chi connectivity index (χ4n) is 2.55. The molecule has 1 N–H and O–H groups in total. The predicted molar refractivity (Wildman–Crippen MR) is 65.9 cm³/mol. The van der Waals surface area contributed by atoms with Crippen LogP contribution in [0.15, 0.2) is 29.3 Å². The molecule has 0 bridgehead atoms. The first-order chi connectivity index (χ1) is 8.62. The second-order valence-electron chi connectivity index (χ2n) is 4.74. The van der Waals surface area contributed by atoms with Gasteiger partial charge in [-0.15, -0.1) is 0 Å².